The highest BCUT2D eigenvalue weighted by atomic mass is 16.1. The van der Waals surface area contributed by atoms with E-state index in [0.717, 1.165) is 28.8 Å². The van der Waals surface area contributed by atoms with Crippen molar-refractivity contribution in [3.63, 3.8) is 0 Å². The third-order valence-corrected chi connectivity index (χ3v) is 4.66. The van der Waals surface area contributed by atoms with Crippen molar-refractivity contribution in [2.45, 2.75) is 6.92 Å². The van der Waals surface area contributed by atoms with Crippen molar-refractivity contribution in [2.75, 3.05) is 10.6 Å². The van der Waals surface area contributed by atoms with Gasteiger partial charge in [-0.2, -0.15) is 0 Å². The van der Waals surface area contributed by atoms with Crippen LogP contribution in [0, 0.1) is 6.92 Å². The summed E-state index contributed by atoms with van der Waals surface area (Å²) < 4.78 is 0. The number of nitrogens with zero attached hydrogens (tertiary/aromatic N) is 3. The highest BCUT2D eigenvalue weighted by Gasteiger charge is 2.09. The number of anilines is 3. The molecule has 0 unspecified atom stereocenters. The topological polar surface area (TPSA) is 96.9 Å². The third kappa shape index (κ3) is 4.79. The monoisotopic (exact) mass is 409 g/mol. The highest BCUT2D eigenvalue weighted by molar-refractivity contribution is 6.04. The standard InChI is InChI=1S/C24H19N5O2/c1-16-4-9-20(27-23(31)18-7-5-17(15-30)6-8-18)13-22(16)29-24-26-12-10-21(28-24)19-3-2-11-25-14-19/h2-15H,1H3,(H,27,31)(H,26,28,29). The van der Waals surface area contributed by atoms with Gasteiger partial charge in [0, 0.05) is 46.7 Å². The van der Waals surface area contributed by atoms with Crippen molar-refractivity contribution in [2.24, 2.45) is 0 Å². The number of pyridine rings is 1. The number of benzene rings is 2. The van der Waals surface area contributed by atoms with E-state index in [0.29, 0.717) is 22.8 Å². The maximum absolute atomic E-state index is 12.5. The zero-order valence-electron chi connectivity index (χ0n) is 16.7. The van der Waals surface area contributed by atoms with E-state index < -0.39 is 0 Å². The molecule has 4 rings (SSSR count). The molecule has 0 saturated heterocycles. The van der Waals surface area contributed by atoms with Gasteiger partial charge in [-0.25, -0.2) is 9.97 Å². The molecule has 152 valence electrons. The first-order valence-electron chi connectivity index (χ1n) is 9.60. The predicted octanol–water partition coefficient (Wildman–Crippen LogP) is 4.66. The number of carbonyl (C=O) groups excluding carboxylic acids is 2. The zero-order valence-corrected chi connectivity index (χ0v) is 16.7. The lowest BCUT2D eigenvalue weighted by Gasteiger charge is -2.12. The van der Waals surface area contributed by atoms with E-state index in [-0.39, 0.29) is 5.91 Å². The molecule has 2 N–H and O–H groups in total. The molecule has 2 aromatic carbocycles. The van der Waals surface area contributed by atoms with Crippen molar-refractivity contribution < 1.29 is 9.59 Å². The minimum atomic E-state index is -0.262. The molecular weight excluding hydrogens is 390 g/mol. The molecule has 0 radical (unpaired) electrons. The molecule has 0 atom stereocenters. The summed E-state index contributed by atoms with van der Waals surface area (Å²) >= 11 is 0. The number of aromatic nitrogens is 3. The van der Waals surface area contributed by atoms with Gasteiger partial charge in [0.1, 0.15) is 6.29 Å². The summed E-state index contributed by atoms with van der Waals surface area (Å²) in [6, 6.07) is 17.6. The summed E-state index contributed by atoms with van der Waals surface area (Å²) in [5.74, 6) is 0.180. The van der Waals surface area contributed by atoms with E-state index >= 15 is 0 Å². The van der Waals surface area contributed by atoms with E-state index in [1.54, 1.807) is 42.9 Å². The second kappa shape index (κ2) is 8.96. The van der Waals surface area contributed by atoms with Crippen LogP contribution in [-0.4, -0.2) is 27.1 Å². The summed E-state index contributed by atoms with van der Waals surface area (Å²) in [5, 5.41) is 6.09. The molecule has 0 aliphatic carbocycles. The Balaban J connectivity index is 1.53. The van der Waals surface area contributed by atoms with E-state index in [4.69, 9.17) is 0 Å². The van der Waals surface area contributed by atoms with Gasteiger partial charge in [-0.05, 0) is 55.0 Å². The smallest absolute Gasteiger partial charge is 0.255 e. The van der Waals surface area contributed by atoms with Crippen LogP contribution in [0.15, 0.2) is 79.3 Å². The summed E-state index contributed by atoms with van der Waals surface area (Å²) in [4.78, 5) is 36.3. The first-order chi connectivity index (χ1) is 15.1. The molecule has 0 saturated carbocycles. The summed E-state index contributed by atoms with van der Waals surface area (Å²) in [7, 11) is 0. The first kappa shape index (κ1) is 19.9. The molecule has 1 amide bonds. The number of aryl methyl sites for hydroxylation is 1. The third-order valence-electron chi connectivity index (χ3n) is 4.66. The fourth-order valence-electron chi connectivity index (χ4n) is 2.97. The molecule has 0 aliphatic rings. The molecule has 0 aliphatic heterocycles. The normalized spacial score (nSPS) is 10.4. The Morgan fingerprint density at radius 1 is 1.00 bits per heavy atom. The number of nitrogens with one attached hydrogen (secondary N) is 2. The Kier molecular flexibility index (Phi) is 5.75. The maximum atomic E-state index is 12.5. The summed E-state index contributed by atoms with van der Waals surface area (Å²) in [6.45, 7) is 1.96. The summed E-state index contributed by atoms with van der Waals surface area (Å²) in [5.41, 5.74) is 5.01. The fraction of sp³-hybridized carbons (Fsp3) is 0.0417. The summed E-state index contributed by atoms with van der Waals surface area (Å²) in [6.07, 6.45) is 5.88. The fourth-order valence-corrected chi connectivity index (χ4v) is 2.97. The average Bonchev–Trinajstić information content (AvgIpc) is 2.82. The van der Waals surface area contributed by atoms with E-state index in [9.17, 15) is 9.59 Å². The lowest BCUT2D eigenvalue weighted by Crippen LogP contribution is -2.12. The van der Waals surface area contributed by atoms with Crippen molar-refractivity contribution in [3.8, 4) is 11.3 Å². The number of hydrogen-bond acceptors (Lipinski definition) is 6. The Labute approximate surface area is 179 Å². The van der Waals surface area contributed by atoms with E-state index in [2.05, 4.69) is 25.6 Å². The van der Waals surface area contributed by atoms with Crippen LogP contribution < -0.4 is 10.6 Å². The molecule has 2 aromatic heterocycles. The Morgan fingerprint density at radius 3 is 2.58 bits per heavy atom. The van der Waals surface area contributed by atoms with Gasteiger partial charge in [0.15, 0.2) is 0 Å². The van der Waals surface area contributed by atoms with Gasteiger partial charge in [0.05, 0.1) is 5.69 Å². The van der Waals surface area contributed by atoms with Crippen molar-refractivity contribution in [3.05, 3.63) is 95.9 Å². The predicted molar refractivity (Wildman–Crippen MR) is 120 cm³/mol. The molecular formula is C24H19N5O2. The van der Waals surface area contributed by atoms with Gasteiger partial charge in [-0.1, -0.05) is 18.2 Å². The van der Waals surface area contributed by atoms with Crippen molar-refractivity contribution in [1.82, 2.24) is 15.0 Å². The molecule has 31 heavy (non-hydrogen) atoms. The Hall–Kier alpha value is -4.39. The van der Waals surface area contributed by atoms with E-state index in [1.807, 2.05) is 43.3 Å². The molecule has 2 heterocycles. The molecule has 0 fully saturated rings. The van der Waals surface area contributed by atoms with Crippen LogP contribution in [0.4, 0.5) is 17.3 Å². The molecule has 0 spiro atoms. The number of carbonyl (C=O) groups is 2. The number of amides is 1. The Bertz CT molecular complexity index is 1220. The molecule has 7 heteroatoms. The van der Waals surface area contributed by atoms with Crippen LogP contribution in [0.3, 0.4) is 0 Å². The minimum absolute atomic E-state index is 0.262. The van der Waals surface area contributed by atoms with Gasteiger partial charge in [0.2, 0.25) is 5.95 Å². The van der Waals surface area contributed by atoms with Gasteiger partial charge >= 0.3 is 0 Å². The van der Waals surface area contributed by atoms with Gasteiger partial charge in [-0.3, -0.25) is 14.6 Å². The molecule has 4 aromatic rings. The minimum Gasteiger partial charge on any atom is -0.324 e. The second-order valence-corrected chi connectivity index (χ2v) is 6.86. The van der Waals surface area contributed by atoms with Crippen LogP contribution in [0.1, 0.15) is 26.3 Å². The van der Waals surface area contributed by atoms with E-state index in [1.165, 1.54) is 0 Å². The van der Waals surface area contributed by atoms with Crippen LogP contribution in [0.5, 0.6) is 0 Å². The lowest BCUT2D eigenvalue weighted by atomic mass is 10.1. The highest BCUT2D eigenvalue weighted by Crippen LogP contribution is 2.24. The van der Waals surface area contributed by atoms with Crippen molar-refractivity contribution in [1.29, 1.82) is 0 Å². The second-order valence-electron chi connectivity index (χ2n) is 6.86. The number of rotatable bonds is 6. The lowest BCUT2D eigenvalue weighted by molar-refractivity contribution is 0.102. The number of hydrogen-bond donors (Lipinski definition) is 2. The largest absolute Gasteiger partial charge is 0.324 e. The molecule has 0 bridgehead atoms. The van der Waals surface area contributed by atoms with Crippen LogP contribution in [0.25, 0.3) is 11.3 Å². The van der Waals surface area contributed by atoms with Gasteiger partial charge < -0.3 is 10.6 Å². The quantitative estimate of drug-likeness (QED) is 0.450. The Morgan fingerprint density at radius 2 is 1.84 bits per heavy atom. The first-order valence-corrected chi connectivity index (χ1v) is 9.60. The average molecular weight is 409 g/mol. The number of aldehydes is 1. The zero-order chi connectivity index (χ0) is 21.6. The molecule has 7 nitrogen and oxygen atoms in total. The van der Waals surface area contributed by atoms with Crippen LogP contribution in [0.2, 0.25) is 0 Å². The van der Waals surface area contributed by atoms with Crippen molar-refractivity contribution >= 4 is 29.5 Å². The van der Waals surface area contributed by atoms with Gasteiger partial charge in [0.25, 0.3) is 5.91 Å². The maximum Gasteiger partial charge on any atom is 0.255 e. The van der Waals surface area contributed by atoms with Crippen LogP contribution in [-0.2, 0) is 0 Å². The SMILES string of the molecule is Cc1ccc(NC(=O)c2ccc(C=O)cc2)cc1Nc1nccc(-c2cccnc2)n1. The van der Waals surface area contributed by atoms with Gasteiger partial charge in [-0.15, -0.1) is 0 Å². The van der Waals surface area contributed by atoms with Crippen LogP contribution >= 0.6 is 0 Å².